The van der Waals surface area contributed by atoms with Gasteiger partial charge in [0.2, 0.25) is 17.7 Å². The number of ketones is 4. The highest BCUT2D eigenvalue weighted by Crippen LogP contribution is 2.28. The summed E-state index contributed by atoms with van der Waals surface area (Å²) in [5.74, 6) is -3.86. The molecule has 19 heteroatoms. The predicted octanol–water partition coefficient (Wildman–Crippen LogP) is 5.93. The molecular formula is C52H86N6O13. The van der Waals surface area contributed by atoms with E-state index in [4.69, 9.17) is 24.7 Å². The summed E-state index contributed by atoms with van der Waals surface area (Å²) in [6.45, 7) is 20.4. The molecule has 6 atom stereocenters. The molecule has 0 fully saturated rings. The third-order valence-corrected chi connectivity index (χ3v) is 12.6. The standard InChI is InChI=1S/C52H86N6O13/c1-14-35(8)47(43(68-13)28-36(9)59)58(12)49(65)40(32(2)3)30-44(62)52(10,11)57-51(67)71-31-37-17-19-39(20-18-37)55-48(64)38(16-15-23-54-50(53)66)29-42(61)46(34(6)7)56-45(63)22-25-70-27-26-69-24-21-41(60)33(4)5/h17-20,32-35,38,40,43,46-47H,14-16,21-31H2,1-13H3,(H,55,64)(H,56,63)(H,57,67)(H3,53,54,66)/t35-,38+,40-,43+,46-,47-/m0/s1. The molecule has 6 N–H and O–H groups in total. The first kappa shape index (κ1) is 63.7. The number of methoxy groups -OCH3 is 1. The molecule has 0 saturated carbocycles. The van der Waals surface area contributed by atoms with Crippen molar-refractivity contribution in [1.29, 1.82) is 0 Å². The molecule has 0 aliphatic carbocycles. The maximum atomic E-state index is 14.0. The normalized spacial score (nSPS) is 14.1. The van der Waals surface area contributed by atoms with E-state index in [0.717, 1.165) is 6.42 Å². The van der Waals surface area contributed by atoms with Gasteiger partial charge in [-0.05, 0) is 69.1 Å². The van der Waals surface area contributed by atoms with E-state index in [1.54, 1.807) is 63.9 Å². The number of amides is 6. The number of rotatable bonds is 36. The van der Waals surface area contributed by atoms with Crippen molar-refractivity contribution in [3.8, 4) is 0 Å². The van der Waals surface area contributed by atoms with Crippen molar-refractivity contribution in [1.82, 2.24) is 20.9 Å². The lowest BCUT2D eigenvalue weighted by atomic mass is 9.83. The number of primary amides is 1. The number of benzene rings is 1. The molecule has 0 aliphatic heterocycles. The molecular weight excluding hydrogens is 917 g/mol. The number of nitrogens with one attached hydrogen (secondary N) is 4. The fourth-order valence-electron chi connectivity index (χ4n) is 7.84. The average molecular weight is 1000 g/mol. The highest BCUT2D eigenvalue weighted by atomic mass is 16.5. The second-order valence-corrected chi connectivity index (χ2v) is 19.9. The van der Waals surface area contributed by atoms with Crippen LogP contribution in [0.1, 0.15) is 133 Å². The molecule has 402 valence electrons. The number of likely N-dealkylation sites (N-methyl/N-ethyl adjacent to an activating group) is 1. The monoisotopic (exact) mass is 1000 g/mol. The van der Waals surface area contributed by atoms with Crippen molar-refractivity contribution < 1.29 is 62.1 Å². The number of Topliss-reactive ketones (excluding diaryl/α,β-unsaturated/α-hetero) is 4. The summed E-state index contributed by atoms with van der Waals surface area (Å²) in [6.07, 6.45) is 0.0490. The first-order valence-electron chi connectivity index (χ1n) is 25.0. The number of carbonyl (C=O) groups is 9. The van der Waals surface area contributed by atoms with E-state index < -0.39 is 59.5 Å². The van der Waals surface area contributed by atoms with E-state index in [9.17, 15) is 43.2 Å². The van der Waals surface area contributed by atoms with Crippen LogP contribution >= 0.6 is 0 Å². The van der Waals surface area contributed by atoms with Crippen LogP contribution in [-0.4, -0.2) is 129 Å². The maximum Gasteiger partial charge on any atom is 0.408 e. The average Bonchev–Trinajstić information content (AvgIpc) is 3.29. The van der Waals surface area contributed by atoms with Crippen molar-refractivity contribution in [2.75, 3.05) is 52.4 Å². The Hall–Kier alpha value is -5.27. The van der Waals surface area contributed by atoms with Gasteiger partial charge >= 0.3 is 12.1 Å². The number of alkyl carbamates (subject to hydrolysis) is 1. The van der Waals surface area contributed by atoms with E-state index in [0.29, 0.717) is 30.7 Å². The number of nitrogens with two attached hydrogens (primary N) is 1. The van der Waals surface area contributed by atoms with Crippen LogP contribution in [0.5, 0.6) is 0 Å². The van der Waals surface area contributed by atoms with Gasteiger partial charge in [0.05, 0.1) is 50.2 Å². The van der Waals surface area contributed by atoms with Gasteiger partial charge in [-0.3, -0.25) is 33.6 Å². The molecule has 0 aromatic heterocycles. The first-order valence-corrected chi connectivity index (χ1v) is 25.0. The van der Waals surface area contributed by atoms with Gasteiger partial charge in [0.1, 0.15) is 18.2 Å². The van der Waals surface area contributed by atoms with Gasteiger partial charge in [-0.2, -0.15) is 0 Å². The molecule has 71 heavy (non-hydrogen) atoms. The summed E-state index contributed by atoms with van der Waals surface area (Å²) in [5, 5.41) is 10.7. The van der Waals surface area contributed by atoms with Crippen molar-refractivity contribution >= 4 is 58.7 Å². The quantitative estimate of drug-likeness (QED) is 0.0489. The topological polar surface area (TPSA) is 268 Å². The second-order valence-electron chi connectivity index (χ2n) is 19.9. The number of hydrogen-bond acceptors (Lipinski definition) is 13. The minimum absolute atomic E-state index is 0.00362. The Morgan fingerprint density at radius 2 is 1.39 bits per heavy atom. The van der Waals surface area contributed by atoms with Crippen molar-refractivity contribution in [3.63, 3.8) is 0 Å². The summed E-state index contributed by atoms with van der Waals surface area (Å²) in [5.41, 5.74) is 4.79. The third-order valence-electron chi connectivity index (χ3n) is 12.6. The van der Waals surface area contributed by atoms with Gasteiger partial charge < -0.3 is 50.8 Å². The molecule has 1 rings (SSSR count). The Labute approximate surface area is 421 Å². The number of hydrogen-bond donors (Lipinski definition) is 5. The van der Waals surface area contributed by atoms with Gasteiger partial charge in [-0.1, -0.05) is 73.9 Å². The Bertz CT molecular complexity index is 1890. The molecule has 0 unspecified atom stereocenters. The van der Waals surface area contributed by atoms with E-state index in [-0.39, 0.29) is 118 Å². The molecule has 0 saturated heterocycles. The van der Waals surface area contributed by atoms with E-state index in [1.807, 2.05) is 41.5 Å². The Kier molecular flexibility index (Phi) is 29.3. The van der Waals surface area contributed by atoms with Crippen LogP contribution in [0.25, 0.3) is 0 Å². The molecule has 1 aromatic carbocycles. The van der Waals surface area contributed by atoms with Crippen LogP contribution in [0.15, 0.2) is 24.3 Å². The molecule has 0 bridgehead atoms. The summed E-state index contributed by atoms with van der Waals surface area (Å²) in [6, 6.07) is 4.49. The lowest BCUT2D eigenvalue weighted by Crippen LogP contribution is -2.54. The zero-order valence-electron chi connectivity index (χ0n) is 44.7. The summed E-state index contributed by atoms with van der Waals surface area (Å²) < 4.78 is 22.1. The fourth-order valence-corrected chi connectivity index (χ4v) is 7.84. The zero-order chi connectivity index (χ0) is 54.0. The lowest BCUT2D eigenvalue weighted by molar-refractivity contribution is -0.146. The molecule has 0 heterocycles. The van der Waals surface area contributed by atoms with Gasteiger partial charge in [0, 0.05) is 76.2 Å². The number of urea groups is 1. The van der Waals surface area contributed by atoms with Crippen molar-refractivity contribution in [3.05, 3.63) is 29.8 Å². The second kappa shape index (κ2) is 32.7. The van der Waals surface area contributed by atoms with Crippen molar-refractivity contribution in [2.45, 2.75) is 158 Å². The molecule has 0 spiro atoms. The number of ether oxygens (including phenoxy) is 4. The van der Waals surface area contributed by atoms with E-state index in [1.165, 1.54) is 14.0 Å². The smallest absolute Gasteiger partial charge is 0.408 e. The fraction of sp³-hybridized carbons (Fsp3) is 0.712. The molecule has 6 amide bonds. The molecule has 0 aliphatic rings. The molecule has 19 nitrogen and oxygen atoms in total. The maximum absolute atomic E-state index is 14.0. The molecule has 1 aromatic rings. The third kappa shape index (κ3) is 24.1. The predicted molar refractivity (Wildman–Crippen MR) is 270 cm³/mol. The summed E-state index contributed by atoms with van der Waals surface area (Å²) in [4.78, 5) is 118. The minimum atomic E-state index is -1.39. The Balaban J connectivity index is 2.93. The largest absolute Gasteiger partial charge is 0.445 e. The highest BCUT2D eigenvalue weighted by Gasteiger charge is 2.40. The van der Waals surface area contributed by atoms with E-state index >= 15 is 0 Å². The van der Waals surface area contributed by atoms with Crippen LogP contribution in [0.2, 0.25) is 0 Å². The van der Waals surface area contributed by atoms with Crippen LogP contribution in [0.3, 0.4) is 0 Å². The number of nitrogens with zero attached hydrogens (tertiary/aromatic N) is 1. The number of anilines is 1. The van der Waals surface area contributed by atoms with Gasteiger partial charge in [0.25, 0.3) is 0 Å². The van der Waals surface area contributed by atoms with Crippen molar-refractivity contribution in [2.24, 2.45) is 41.2 Å². The number of carbonyl (C=O) groups excluding carboxylic acids is 9. The van der Waals surface area contributed by atoms with Gasteiger partial charge in [0.15, 0.2) is 11.6 Å². The van der Waals surface area contributed by atoms with Gasteiger partial charge in [-0.25, -0.2) is 9.59 Å². The highest BCUT2D eigenvalue weighted by molar-refractivity contribution is 5.97. The van der Waals surface area contributed by atoms with Crippen LogP contribution < -0.4 is 27.0 Å². The molecule has 0 radical (unpaired) electrons. The summed E-state index contributed by atoms with van der Waals surface area (Å²) >= 11 is 0. The zero-order valence-corrected chi connectivity index (χ0v) is 44.7. The summed E-state index contributed by atoms with van der Waals surface area (Å²) in [7, 11) is 3.20. The van der Waals surface area contributed by atoms with E-state index in [2.05, 4.69) is 21.3 Å². The first-order chi connectivity index (χ1) is 33.2. The van der Waals surface area contributed by atoms with Crippen LogP contribution in [0, 0.1) is 35.5 Å². The van der Waals surface area contributed by atoms with Crippen LogP contribution in [-0.2, 0) is 59.1 Å². The van der Waals surface area contributed by atoms with Gasteiger partial charge in [-0.15, -0.1) is 0 Å². The lowest BCUT2D eigenvalue weighted by Gasteiger charge is -2.40. The van der Waals surface area contributed by atoms with Crippen LogP contribution in [0.4, 0.5) is 15.3 Å². The SMILES string of the molecule is CC[C@H](C)[C@@H]([C@@H](CC(C)=O)OC)N(C)C(=O)[C@@H](CC(=O)C(C)(C)NC(=O)OCc1ccc(NC(=O)[C@H](CCCNC(N)=O)CC(=O)[C@@H](NC(=O)CCOCCOCCC(=O)C(C)C)C(C)C)cc1)C(C)C. The Morgan fingerprint density at radius 3 is 1.92 bits per heavy atom. The minimum Gasteiger partial charge on any atom is -0.445 e. The Morgan fingerprint density at radius 1 is 0.789 bits per heavy atom.